The monoisotopic (exact) mass is 527 g/mol. The molecule has 7 unspecified atom stereocenters. The van der Waals surface area contributed by atoms with E-state index >= 15 is 0 Å². The maximum absolute atomic E-state index is 13.5. The fraction of sp³-hybridized carbons (Fsp3) is 0.879. The van der Waals surface area contributed by atoms with Crippen molar-refractivity contribution in [2.75, 3.05) is 6.54 Å². The summed E-state index contributed by atoms with van der Waals surface area (Å²) in [7, 11) is 0. The molecule has 214 valence electrons. The molecule has 5 nitrogen and oxygen atoms in total. The lowest BCUT2D eigenvalue weighted by Crippen LogP contribution is -2.66. The molecule has 5 heteroatoms. The summed E-state index contributed by atoms with van der Waals surface area (Å²) < 4.78 is 5.89. The molecule has 0 bridgehead atoms. The van der Waals surface area contributed by atoms with Crippen molar-refractivity contribution < 1.29 is 19.4 Å². The molecule has 38 heavy (non-hydrogen) atoms. The molecule has 0 saturated heterocycles. The maximum atomic E-state index is 13.5. The summed E-state index contributed by atoms with van der Waals surface area (Å²) in [5.74, 6) is 1.70. The second kappa shape index (κ2) is 8.90. The number of ether oxygens (including phenoxy) is 1. The fourth-order valence-electron chi connectivity index (χ4n) is 11.7. The average molecular weight is 528 g/mol. The Morgan fingerprint density at radius 2 is 1.66 bits per heavy atom. The SMILES string of the molecule is CC(=O)OC1CCC2(C)C3CCC4C5=C(C(C)C)C(=O)CC5(C(O)CN)CC[C@@]4(C)C3(C)CC[C@H]2C1(C)C. The number of aliphatic hydroxyl groups excluding tert-OH is 1. The van der Waals surface area contributed by atoms with Crippen LogP contribution >= 0.6 is 0 Å². The largest absolute Gasteiger partial charge is 0.462 e. The first-order valence-electron chi connectivity index (χ1n) is 15.4. The Bertz CT molecular complexity index is 1050. The van der Waals surface area contributed by atoms with Gasteiger partial charge in [-0.1, -0.05) is 54.0 Å². The fourth-order valence-corrected chi connectivity index (χ4v) is 11.7. The Morgan fingerprint density at radius 3 is 2.26 bits per heavy atom. The van der Waals surface area contributed by atoms with E-state index in [1.54, 1.807) is 6.92 Å². The Hall–Kier alpha value is -1.20. The number of hydrogen-bond acceptors (Lipinski definition) is 5. The Balaban J connectivity index is 1.57. The topological polar surface area (TPSA) is 89.6 Å². The van der Waals surface area contributed by atoms with Crippen LogP contribution in [0.25, 0.3) is 0 Å². The first kappa shape index (κ1) is 28.3. The van der Waals surface area contributed by atoms with Crippen molar-refractivity contribution in [1.29, 1.82) is 0 Å². The Morgan fingerprint density at radius 1 is 0.974 bits per heavy atom. The van der Waals surface area contributed by atoms with Gasteiger partial charge in [0.2, 0.25) is 0 Å². The number of ketones is 1. The van der Waals surface area contributed by atoms with Gasteiger partial charge in [0.15, 0.2) is 5.78 Å². The first-order valence-corrected chi connectivity index (χ1v) is 15.4. The summed E-state index contributed by atoms with van der Waals surface area (Å²) >= 11 is 0. The molecule has 0 heterocycles. The number of hydrogen-bond donors (Lipinski definition) is 2. The predicted molar refractivity (Wildman–Crippen MR) is 150 cm³/mol. The van der Waals surface area contributed by atoms with Crippen LogP contribution in [0.1, 0.15) is 113 Å². The van der Waals surface area contributed by atoms with E-state index in [0.29, 0.717) is 24.2 Å². The smallest absolute Gasteiger partial charge is 0.302 e. The summed E-state index contributed by atoms with van der Waals surface area (Å²) in [6.45, 7) is 18.4. The summed E-state index contributed by atoms with van der Waals surface area (Å²) in [5.41, 5.74) is 8.34. The minimum Gasteiger partial charge on any atom is -0.462 e. The van der Waals surface area contributed by atoms with Gasteiger partial charge >= 0.3 is 5.97 Å². The van der Waals surface area contributed by atoms with Gasteiger partial charge in [-0.2, -0.15) is 0 Å². The molecule has 9 atom stereocenters. The lowest BCUT2D eigenvalue weighted by Gasteiger charge is -2.72. The lowest BCUT2D eigenvalue weighted by molar-refractivity contribution is -0.234. The predicted octanol–water partition coefficient (Wildman–Crippen LogP) is 6.22. The van der Waals surface area contributed by atoms with Crippen LogP contribution in [0.5, 0.6) is 0 Å². The van der Waals surface area contributed by atoms with Crippen LogP contribution in [-0.4, -0.2) is 35.6 Å². The zero-order valence-electron chi connectivity index (χ0n) is 25.3. The summed E-state index contributed by atoms with van der Waals surface area (Å²) in [6.07, 6.45) is 8.30. The van der Waals surface area contributed by atoms with E-state index in [2.05, 4.69) is 48.5 Å². The zero-order chi connectivity index (χ0) is 28.1. The molecule has 0 aromatic rings. The van der Waals surface area contributed by atoms with Gasteiger partial charge in [-0.15, -0.1) is 0 Å². The van der Waals surface area contributed by atoms with Crippen LogP contribution in [0.15, 0.2) is 11.1 Å². The molecule has 4 saturated carbocycles. The number of nitrogens with two attached hydrogens (primary N) is 1. The average Bonchev–Trinajstić information content (AvgIpc) is 3.14. The quantitative estimate of drug-likeness (QED) is 0.424. The highest BCUT2D eigenvalue weighted by Crippen LogP contribution is 2.77. The van der Waals surface area contributed by atoms with Crippen molar-refractivity contribution in [3.05, 3.63) is 11.1 Å². The summed E-state index contributed by atoms with van der Waals surface area (Å²) in [4.78, 5) is 25.4. The third-order valence-corrected chi connectivity index (χ3v) is 13.6. The number of carbonyl (C=O) groups excluding carboxylic acids is 2. The zero-order valence-corrected chi connectivity index (χ0v) is 25.3. The van der Waals surface area contributed by atoms with Crippen LogP contribution in [0.2, 0.25) is 0 Å². The third-order valence-electron chi connectivity index (χ3n) is 13.6. The van der Waals surface area contributed by atoms with E-state index in [1.165, 1.54) is 12.0 Å². The van der Waals surface area contributed by atoms with E-state index in [4.69, 9.17) is 10.5 Å². The number of allylic oxidation sites excluding steroid dienone is 1. The summed E-state index contributed by atoms with van der Waals surface area (Å²) in [5, 5.41) is 11.3. The van der Waals surface area contributed by atoms with E-state index in [1.807, 2.05) is 0 Å². The normalized spacial score (nSPS) is 46.7. The van der Waals surface area contributed by atoms with Gasteiger partial charge < -0.3 is 15.6 Å². The van der Waals surface area contributed by atoms with Crippen molar-refractivity contribution in [2.24, 2.45) is 56.5 Å². The van der Waals surface area contributed by atoms with Crippen molar-refractivity contribution in [2.45, 2.75) is 125 Å². The molecular weight excluding hydrogens is 474 g/mol. The number of aliphatic hydroxyl groups is 1. The molecule has 0 aromatic heterocycles. The molecule has 5 rings (SSSR count). The molecule has 0 aromatic carbocycles. The molecule has 5 aliphatic carbocycles. The second-order valence-corrected chi connectivity index (χ2v) is 15.6. The highest BCUT2D eigenvalue weighted by molar-refractivity contribution is 6.00. The van der Waals surface area contributed by atoms with Crippen molar-refractivity contribution >= 4 is 11.8 Å². The van der Waals surface area contributed by atoms with Gasteiger partial charge in [0.05, 0.1) is 6.10 Å². The maximum Gasteiger partial charge on any atom is 0.302 e. The van der Waals surface area contributed by atoms with Crippen LogP contribution in [0, 0.1) is 50.7 Å². The van der Waals surface area contributed by atoms with Crippen LogP contribution < -0.4 is 5.73 Å². The van der Waals surface area contributed by atoms with E-state index < -0.39 is 11.5 Å². The van der Waals surface area contributed by atoms with E-state index in [0.717, 1.165) is 50.5 Å². The number of rotatable bonds is 4. The standard InChI is InChI=1S/C33H53NO4/c1-19(2)27-22(36)17-33(25(37)18-34)16-15-31(7)21(28(27)33)9-10-24-30(6)13-12-26(38-20(3)35)29(4,5)23(30)11-14-32(24,31)8/h19,21,23-26,37H,9-18,34H2,1-8H3/t21?,23-,24?,25?,26?,30?,31+,32?,33?/m0/s1. The van der Waals surface area contributed by atoms with Crippen molar-refractivity contribution in [1.82, 2.24) is 0 Å². The van der Waals surface area contributed by atoms with Gasteiger partial charge in [-0.3, -0.25) is 9.59 Å². The molecule has 0 radical (unpaired) electrons. The highest BCUT2D eigenvalue weighted by Gasteiger charge is 2.70. The Labute approximate surface area is 230 Å². The van der Waals surface area contributed by atoms with Crippen LogP contribution in [0.3, 0.4) is 0 Å². The van der Waals surface area contributed by atoms with E-state index in [-0.39, 0.29) is 52.0 Å². The number of esters is 1. The lowest BCUT2D eigenvalue weighted by atomic mass is 9.33. The molecule has 3 N–H and O–H groups in total. The minimum absolute atomic E-state index is 0.00865. The number of Topliss-reactive ketones (excluding diaryl/α,β-unsaturated/α-hetero) is 1. The molecule has 0 amide bonds. The van der Waals surface area contributed by atoms with Crippen molar-refractivity contribution in [3.8, 4) is 0 Å². The van der Waals surface area contributed by atoms with Crippen LogP contribution in [-0.2, 0) is 14.3 Å². The first-order chi connectivity index (χ1) is 17.6. The minimum atomic E-state index is -0.654. The Kier molecular flexibility index (Phi) is 6.63. The number of carbonyl (C=O) groups is 2. The summed E-state index contributed by atoms with van der Waals surface area (Å²) in [6, 6.07) is 0. The van der Waals surface area contributed by atoms with E-state index in [9.17, 15) is 14.7 Å². The highest BCUT2D eigenvalue weighted by atomic mass is 16.5. The second-order valence-electron chi connectivity index (χ2n) is 15.6. The molecule has 5 aliphatic rings. The third kappa shape index (κ3) is 3.49. The molecular formula is C33H53NO4. The van der Waals surface area contributed by atoms with Gasteiger partial charge in [-0.25, -0.2) is 0 Å². The molecule has 0 spiro atoms. The molecule has 0 aliphatic heterocycles. The van der Waals surface area contributed by atoms with Crippen LogP contribution in [0.4, 0.5) is 0 Å². The van der Waals surface area contributed by atoms with Gasteiger partial charge in [-0.05, 0) is 96.9 Å². The van der Waals surface area contributed by atoms with Crippen molar-refractivity contribution in [3.63, 3.8) is 0 Å². The van der Waals surface area contributed by atoms with Gasteiger partial charge in [0.25, 0.3) is 0 Å². The molecule has 4 fully saturated rings. The number of fused-ring (bicyclic) bond motifs is 7. The van der Waals surface area contributed by atoms with Gasteiger partial charge in [0.1, 0.15) is 6.10 Å². The van der Waals surface area contributed by atoms with Gasteiger partial charge in [0, 0.05) is 30.7 Å².